The fourth-order valence-corrected chi connectivity index (χ4v) is 7.90. The molecule has 0 aliphatic rings. The van der Waals surface area contributed by atoms with Gasteiger partial charge in [-0.3, -0.25) is 13.8 Å². The van der Waals surface area contributed by atoms with Crippen molar-refractivity contribution in [2.24, 2.45) is 0 Å². The average Bonchev–Trinajstić information content (AvgIpc) is 3.31. The first-order valence-electron chi connectivity index (χ1n) is 27.6. The topological polar surface area (TPSA) is 91.3 Å². The lowest BCUT2D eigenvalue weighted by Crippen LogP contribution is -2.37. The number of carbonyl (C=O) groups excluding carboxylic acids is 1. The number of likely N-dealkylation sites (N-methyl/N-ethyl adjacent to an activating group) is 1. The Morgan fingerprint density at radius 1 is 0.449 bits per heavy atom. The van der Waals surface area contributed by atoms with Crippen molar-refractivity contribution in [1.82, 2.24) is 0 Å². The summed E-state index contributed by atoms with van der Waals surface area (Å²) < 4.78 is 35.2. The summed E-state index contributed by atoms with van der Waals surface area (Å²) in [6.45, 7) is 5.36. The van der Waals surface area contributed by atoms with Gasteiger partial charge < -0.3 is 18.9 Å². The van der Waals surface area contributed by atoms with E-state index < -0.39 is 13.9 Å². The SMILES string of the molecule is CC/C=C\C/C=C\C/C=C\C/C=C\C/C=C\CCCCCCCCCCOCC(COP(=O)(O)OCC[N+](C)(C)C)OC(=O)CCCCCCCCCCCC/C=C\C/C=C\C/C=C\C/C=C\CC. The van der Waals surface area contributed by atoms with Gasteiger partial charge >= 0.3 is 13.8 Å². The van der Waals surface area contributed by atoms with E-state index >= 15 is 0 Å². The molecule has 0 aromatic heterocycles. The van der Waals surface area contributed by atoms with E-state index in [1.165, 1.54) is 89.9 Å². The Morgan fingerprint density at radius 3 is 1.19 bits per heavy atom. The largest absolute Gasteiger partial charge is 0.472 e. The summed E-state index contributed by atoms with van der Waals surface area (Å²) in [6, 6.07) is 0. The Balaban J connectivity index is 4.16. The number of phosphoric acid groups is 1. The molecule has 0 amide bonds. The molecule has 0 saturated heterocycles. The van der Waals surface area contributed by atoms with Crippen molar-refractivity contribution >= 4 is 13.8 Å². The van der Waals surface area contributed by atoms with Gasteiger partial charge in [-0.1, -0.05) is 213 Å². The van der Waals surface area contributed by atoms with Crippen molar-refractivity contribution in [3.63, 3.8) is 0 Å². The lowest BCUT2D eigenvalue weighted by molar-refractivity contribution is -0.870. The second-order valence-corrected chi connectivity index (χ2v) is 20.7. The molecule has 2 unspecified atom stereocenters. The van der Waals surface area contributed by atoms with Gasteiger partial charge in [-0.15, -0.1) is 0 Å². The van der Waals surface area contributed by atoms with Crippen molar-refractivity contribution in [2.45, 2.75) is 213 Å². The summed E-state index contributed by atoms with van der Waals surface area (Å²) >= 11 is 0. The van der Waals surface area contributed by atoms with Crippen molar-refractivity contribution in [1.29, 1.82) is 0 Å². The normalized spacial score (nSPS) is 14.3. The maximum absolute atomic E-state index is 12.8. The summed E-state index contributed by atoms with van der Waals surface area (Å²) in [5, 5.41) is 0. The highest BCUT2D eigenvalue weighted by Gasteiger charge is 2.26. The van der Waals surface area contributed by atoms with Crippen LogP contribution in [-0.2, 0) is 27.9 Å². The molecular formula is C60H105NO7P+. The summed E-state index contributed by atoms with van der Waals surface area (Å²) in [5.41, 5.74) is 0. The van der Waals surface area contributed by atoms with Gasteiger partial charge in [0.15, 0.2) is 0 Å². The lowest BCUT2D eigenvalue weighted by Gasteiger charge is -2.24. The van der Waals surface area contributed by atoms with Crippen molar-refractivity contribution in [3.8, 4) is 0 Å². The van der Waals surface area contributed by atoms with Crippen LogP contribution in [0.3, 0.4) is 0 Å². The predicted octanol–water partition coefficient (Wildman–Crippen LogP) is 17.5. The van der Waals surface area contributed by atoms with Gasteiger partial charge in [0.05, 0.1) is 34.4 Å². The molecule has 0 fully saturated rings. The van der Waals surface area contributed by atoms with Gasteiger partial charge in [0, 0.05) is 13.0 Å². The zero-order valence-corrected chi connectivity index (χ0v) is 45.9. The number of allylic oxidation sites excluding steroid dienone is 18. The third kappa shape index (κ3) is 56.0. The van der Waals surface area contributed by atoms with Gasteiger partial charge in [-0.25, -0.2) is 4.57 Å². The zero-order chi connectivity index (χ0) is 50.5. The molecule has 0 aliphatic carbocycles. The summed E-state index contributed by atoms with van der Waals surface area (Å²) in [4.78, 5) is 23.1. The lowest BCUT2D eigenvalue weighted by atomic mass is 10.0. The molecule has 1 N–H and O–H groups in total. The molecule has 0 bridgehead atoms. The Hall–Kier alpha value is -2.84. The number of hydrogen-bond acceptors (Lipinski definition) is 6. The van der Waals surface area contributed by atoms with Crippen LogP contribution < -0.4 is 0 Å². The number of rotatable bonds is 50. The van der Waals surface area contributed by atoms with E-state index in [1.807, 2.05) is 21.1 Å². The van der Waals surface area contributed by atoms with Crippen molar-refractivity contribution in [3.05, 3.63) is 109 Å². The molecule has 2 atom stereocenters. The average molecular weight is 983 g/mol. The molecule has 8 nitrogen and oxygen atoms in total. The van der Waals surface area contributed by atoms with Gasteiger partial charge in [0.2, 0.25) is 0 Å². The van der Waals surface area contributed by atoms with Gasteiger partial charge in [-0.05, 0) is 96.3 Å². The van der Waals surface area contributed by atoms with Gasteiger partial charge in [0.25, 0.3) is 0 Å². The number of quaternary nitrogens is 1. The Kier molecular flexibility index (Phi) is 49.4. The monoisotopic (exact) mass is 983 g/mol. The molecule has 9 heteroatoms. The van der Waals surface area contributed by atoms with Crippen LogP contribution >= 0.6 is 7.82 Å². The smallest absolute Gasteiger partial charge is 0.457 e. The Morgan fingerprint density at radius 2 is 0.797 bits per heavy atom. The van der Waals surface area contributed by atoms with E-state index in [0.717, 1.165) is 96.3 Å². The van der Waals surface area contributed by atoms with E-state index in [-0.39, 0.29) is 25.8 Å². The first-order chi connectivity index (χ1) is 33.6. The molecule has 0 heterocycles. The summed E-state index contributed by atoms with van der Waals surface area (Å²) in [5.74, 6) is -0.325. The molecule has 0 aromatic carbocycles. The van der Waals surface area contributed by atoms with Crippen LogP contribution in [0, 0.1) is 0 Å². The van der Waals surface area contributed by atoms with E-state index in [9.17, 15) is 14.3 Å². The molecule has 0 rings (SSSR count). The molecule has 69 heavy (non-hydrogen) atoms. The van der Waals surface area contributed by atoms with Crippen LogP contribution in [-0.4, -0.2) is 75.6 Å². The number of ether oxygens (including phenoxy) is 2. The van der Waals surface area contributed by atoms with E-state index in [2.05, 4.69) is 123 Å². The number of nitrogens with zero attached hydrogens (tertiary/aromatic N) is 1. The van der Waals surface area contributed by atoms with Crippen LogP contribution in [0.2, 0.25) is 0 Å². The number of phosphoric ester groups is 1. The fraction of sp³-hybridized carbons (Fsp3) is 0.683. The summed E-state index contributed by atoms with van der Waals surface area (Å²) in [6.07, 6.45) is 72.8. The number of esters is 1. The first kappa shape index (κ1) is 66.2. The number of unbranched alkanes of at least 4 members (excludes halogenated alkanes) is 18. The van der Waals surface area contributed by atoms with Crippen LogP contribution in [0.1, 0.15) is 206 Å². The van der Waals surface area contributed by atoms with Crippen molar-refractivity contribution < 1.29 is 37.3 Å². The standard InChI is InChI=1S/C60H104NO7P/c1-6-8-10-12-14-16-18-20-22-24-26-28-30-32-34-36-38-40-42-44-46-48-50-52-55-65-57-59(58-67-69(63,64)66-56-54-61(3,4)5)68-60(62)53-51-49-47-45-43-41-39-37-35-33-31-29-27-25-23-21-19-17-15-13-11-9-7-2/h8-11,14-17,20-23,26-29,32,34,59H,6-7,12-13,18-19,24-25,30-31,33,35-58H2,1-5H3/p+1/b10-8-,11-9-,16-14-,17-15-,22-20-,23-21-,28-26-,29-27-,34-32-. The fourth-order valence-electron chi connectivity index (χ4n) is 7.16. The molecular weight excluding hydrogens is 878 g/mol. The second-order valence-electron chi connectivity index (χ2n) is 19.2. The molecule has 0 spiro atoms. The van der Waals surface area contributed by atoms with Crippen LogP contribution in [0.4, 0.5) is 0 Å². The molecule has 0 aliphatic heterocycles. The van der Waals surface area contributed by atoms with Crippen molar-refractivity contribution in [2.75, 3.05) is 54.1 Å². The predicted molar refractivity (Wildman–Crippen MR) is 297 cm³/mol. The third-order valence-corrected chi connectivity index (χ3v) is 12.3. The minimum absolute atomic E-state index is 0.0799. The Bertz CT molecular complexity index is 1470. The number of carbonyl (C=O) groups is 1. The summed E-state index contributed by atoms with van der Waals surface area (Å²) in [7, 11) is 1.64. The minimum atomic E-state index is -4.30. The second kappa shape index (κ2) is 51.5. The molecule has 0 saturated carbocycles. The molecule has 0 radical (unpaired) electrons. The molecule has 0 aromatic rings. The van der Waals surface area contributed by atoms with Crippen LogP contribution in [0.5, 0.6) is 0 Å². The van der Waals surface area contributed by atoms with E-state index in [0.29, 0.717) is 24.1 Å². The molecule has 396 valence electrons. The van der Waals surface area contributed by atoms with E-state index in [4.69, 9.17) is 18.5 Å². The zero-order valence-electron chi connectivity index (χ0n) is 45.0. The number of hydrogen-bond donors (Lipinski definition) is 1. The van der Waals surface area contributed by atoms with E-state index in [1.54, 1.807) is 0 Å². The van der Waals surface area contributed by atoms with Crippen LogP contribution in [0.25, 0.3) is 0 Å². The minimum Gasteiger partial charge on any atom is -0.457 e. The van der Waals surface area contributed by atoms with Gasteiger partial charge in [0.1, 0.15) is 19.3 Å². The highest BCUT2D eigenvalue weighted by molar-refractivity contribution is 7.47. The quantitative estimate of drug-likeness (QED) is 0.0213. The maximum atomic E-state index is 12.8. The van der Waals surface area contributed by atoms with Crippen LogP contribution in [0.15, 0.2) is 109 Å². The highest BCUT2D eigenvalue weighted by Crippen LogP contribution is 2.43. The van der Waals surface area contributed by atoms with Gasteiger partial charge in [-0.2, -0.15) is 0 Å². The third-order valence-electron chi connectivity index (χ3n) is 11.3. The highest BCUT2D eigenvalue weighted by atomic mass is 31.2. The Labute approximate surface area is 425 Å². The first-order valence-corrected chi connectivity index (χ1v) is 29.1. The maximum Gasteiger partial charge on any atom is 0.472 e.